The van der Waals surface area contributed by atoms with Crippen LogP contribution in [0.25, 0.3) is 0 Å². The SMILES string of the molecule is Cc1ccccc1C(O)C(N)CO. The van der Waals surface area contributed by atoms with Gasteiger partial charge in [-0.25, -0.2) is 0 Å². The first-order chi connectivity index (χ1) is 6.16. The lowest BCUT2D eigenvalue weighted by Crippen LogP contribution is -2.32. The fourth-order valence-corrected chi connectivity index (χ4v) is 1.25. The Morgan fingerprint density at radius 2 is 2.00 bits per heavy atom. The number of aliphatic hydroxyl groups is 2. The molecule has 3 nitrogen and oxygen atoms in total. The van der Waals surface area contributed by atoms with Gasteiger partial charge in [-0.1, -0.05) is 24.3 Å². The lowest BCUT2D eigenvalue weighted by molar-refractivity contribution is 0.109. The van der Waals surface area contributed by atoms with Crippen molar-refractivity contribution in [3.63, 3.8) is 0 Å². The molecule has 0 amide bonds. The number of aryl methyl sites for hydroxylation is 1. The first-order valence-corrected chi connectivity index (χ1v) is 4.27. The largest absolute Gasteiger partial charge is 0.395 e. The zero-order valence-corrected chi connectivity index (χ0v) is 7.64. The predicted octanol–water partition coefficient (Wildman–Crippen LogP) is 0.348. The lowest BCUT2D eigenvalue weighted by Gasteiger charge is -2.18. The van der Waals surface area contributed by atoms with E-state index in [2.05, 4.69) is 0 Å². The smallest absolute Gasteiger partial charge is 0.0965 e. The van der Waals surface area contributed by atoms with Crippen LogP contribution in [0, 0.1) is 6.92 Å². The summed E-state index contributed by atoms with van der Waals surface area (Å²) in [6, 6.07) is 6.85. The zero-order valence-electron chi connectivity index (χ0n) is 7.64. The number of benzene rings is 1. The summed E-state index contributed by atoms with van der Waals surface area (Å²) in [5, 5.41) is 18.5. The van der Waals surface area contributed by atoms with Crippen molar-refractivity contribution in [3.05, 3.63) is 35.4 Å². The molecule has 2 atom stereocenters. The Balaban J connectivity index is 2.88. The van der Waals surface area contributed by atoms with E-state index in [-0.39, 0.29) is 6.61 Å². The molecular weight excluding hydrogens is 166 g/mol. The summed E-state index contributed by atoms with van der Waals surface area (Å²) >= 11 is 0. The summed E-state index contributed by atoms with van der Waals surface area (Å²) in [4.78, 5) is 0. The number of hydrogen-bond donors (Lipinski definition) is 3. The highest BCUT2D eigenvalue weighted by atomic mass is 16.3. The van der Waals surface area contributed by atoms with Crippen molar-refractivity contribution in [2.45, 2.75) is 19.1 Å². The summed E-state index contributed by atoms with van der Waals surface area (Å²) in [5.41, 5.74) is 7.28. The van der Waals surface area contributed by atoms with E-state index in [9.17, 15) is 5.11 Å². The molecular formula is C10H15NO2. The maximum Gasteiger partial charge on any atom is 0.0965 e. The molecule has 1 aromatic rings. The molecule has 0 bridgehead atoms. The van der Waals surface area contributed by atoms with Crippen molar-refractivity contribution in [2.75, 3.05) is 6.61 Å². The molecule has 0 radical (unpaired) electrons. The van der Waals surface area contributed by atoms with Gasteiger partial charge in [0.2, 0.25) is 0 Å². The van der Waals surface area contributed by atoms with Gasteiger partial charge in [0.15, 0.2) is 0 Å². The van der Waals surface area contributed by atoms with E-state index in [0.717, 1.165) is 11.1 Å². The molecule has 2 unspecified atom stereocenters. The van der Waals surface area contributed by atoms with E-state index in [1.807, 2.05) is 31.2 Å². The Kier molecular flexibility index (Phi) is 3.42. The van der Waals surface area contributed by atoms with Gasteiger partial charge in [-0.15, -0.1) is 0 Å². The zero-order chi connectivity index (χ0) is 9.84. The predicted molar refractivity (Wildman–Crippen MR) is 51.2 cm³/mol. The molecule has 0 spiro atoms. The summed E-state index contributed by atoms with van der Waals surface area (Å²) in [6.45, 7) is 1.69. The number of rotatable bonds is 3. The van der Waals surface area contributed by atoms with E-state index in [1.54, 1.807) is 0 Å². The van der Waals surface area contributed by atoms with E-state index in [4.69, 9.17) is 10.8 Å². The highest BCUT2D eigenvalue weighted by Gasteiger charge is 2.16. The average molecular weight is 181 g/mol. The molecule has 3 heteroatoms. The summed E-state index contributed by atoms with van der Waals surface area (Å²) < 4.78 is 0. The Labute approximate surface area is 77.8 Å². The Hall–Kier alpha value is -0.900. The molecule has 0 heterocycles. The Morgan fingerprint density at radius 3 is 2.54 bits per heavy atom. The molecule has 1 aromatic carbocycles. The quantitative estimate of drug-likeness (QED) is 0.630. The van der Waals surface area contributed by atoms with Gasteiger partial charge in [0, 0.05) is 0 Å². The second-order valence-electron chi connectivity index (χ2n) is 3.15. The normalized spacial score (nSPS) is 15.4. The third-order valence-corrected chi connectivity index (χ3v) is 2.12. The van der Waals surface area contributed by atoms with Gasteiger partial charge in [0.25, 0.3) is 0 Å². The van der Waals surface area contributed by atoms with E-state index >= 15 is 0 Å². The van der Waals surface area contributed by atoms with Crippen LogP contribution >= 0.6 is 0 Å². The topological polar surface area (TPSA) is 66.5 Å². The van der Waals surface area contributed by atoms with Gasteiger partial charge in [-0.3, -0.25) is 0 Å². The standard InChI is InChI=1S/C10H15NO2/c1-7-4-2-3-5-8(7)10(13)9(11)6-12/h2-5,9-10,12-13H,6,11H2,1H3. The fourth-order valence-electron chi connectivity index (χ4n) is 1.25. The van der Waals surface area contributed by atoms with Crippen molar-refractivity contribution in [1.29, 1.82) is 0 Å². The molecule has 13 heavy (non-hydrogen) atoms. The van der Waals surface area contributed by atoms with Crippen molar-refractivity contribution in [2.24, 2.45) is 5.73 Å². The van der Waals surface area contributed by atoms with Crippen LogP contribution in [-0.4, -0.2) is 22.9 Å². The van der Waals surface area contributed by atoms with Gasteiger partial charge < -0.3 is 15.9 Å². The van der Waals surface area contributed by atoms with Gasteiger partial charge in [-0.05, 0) is 18.1 Å². The molecule has 0 aliphatic carbocycles. The number of aliphatic hydroxyl groups excluding tert-OH is 2. The second-order valence-corrected chi connectivity index (χ2v) is 3.15. The second kappa shape index (κ2) is 4.37. The van der Waals surface area contributed by atoms with Gasteiger partial charge in [0.05, 0.1) is 18.8 Å². The molecule has 72 valence electrons. The minimum Gasteiger partial charge on any atom is -0.395 e. The van der Waals surface area contributed by atoms with Gasteiger partial charge in [-0.2, -0.15) is 0 Å². The number of nitrogens with two attached hydrogens (primary N) is 1. The van der Waals surface area contributed by atoms with E-state index < -0.39 is 12.1 Å². The Bertz CT molecular complexity index is 275. The fraction of sp³-hybridized carbons (Fsp3) is 0.400. The molecule has 1 rings (SSSR count). The van der Waals surface area contributed by atoms with Gasteiger partial charge >= 0.3 is 0 Å². The van der Waals surface area contributed by atoms with Crippen molar-refractivity contribution in [1.82, 2.24) is 0 Å². The van der Waals surface area contributed by atoms with Crippen molar-refractivity contribution < 1.29 is 10.2 Å². The van der Waals surface area contributed by atoms with Crippen molar-refractivity contribution >= 4 is 0 Å². The monoisotopic (exact) mass is 181 g/mol. The van der Waals surface area contributed by atoms with Crippen LogP contribution in [-0.2, 0) is 0 Å². The minimum absolute atomic E-state index is 0.213. The van der Waals surface area contributed by atoms with Crippen LogP contribution in [0.4, 0.5) is 0 Å². The summed E-state index contributed by atoms with van der Waals surface area (Å²) in [7, 11) is 0. The molecule has 0 aliphatic heterocycles. The van der Waals surface area contributed by atoms with Crippen molar-refractivity contribution in [3.8, 4) is 0 Å². The van der Waals surface area contributed by atoms with Crippen LogP contribution in [0.5, 0.6) is 0 Å². The third kappa shape index (κ3) is 2.28. The molecule has 0 aromatic heterocycles. The maximum absolute atomic E-state index is 9.68. The summed E-state index contributed by atoms with van der Waals surface area (Å²) in [5.74, 6) is 0. The minimum atomic E-state index is -0.786. The molecule has 0 saturated carbocycles. The summed E-state index contributed by atoms with van der Waals surface area (Å²) in [6.07, 6.45) is -0.786. The average Bonchev–Trinajstić information content (AvgIpc) is 2.16. The maximum atomic E-state index is 9.68. The van der Waals surface area contributed by atoms with Crippen LogP contribution in [0.3, 0.4) is 0 Å². The highest BCUT2D eigenvalue weighted by Crippen LogP contribution is 2.18. The molecule has 0 aliphatic rings. The van der Waals surface area contributed by atoms with E-state index in [1.165, 1.54) is 0 Å². The van der Waals surface area contributed by atoms with Gasteiger partial charge in [0.1, 0.15) is 0 Å². The number of hydrogen-bond acceptors (Lipinski definition) is 3. The third-order valence-electron chi connectivity index (χ3n) is 2.12. The van der Waals surface area contributed by atoms with Crippen LogP contribution < -0.4 is 5.73 Å². The molecule has 0 fully saturated rings. The van der Waals surface area contributed by atoms with Crippen LogP contribution in [0.1, 0.15) is 17.2 Å². The highest BCUT2D eigenvalue weighted by molar-refractivity contribution is 5.28. The van der Waals surface area contributed by atoms with Crippen LogP contribution in [0.15, 0.2) is 24.3 Å². The first kappa shape index (κ1) is 10.2. The lowest BCUT2D eigenvalue weighted by atomic mass is 9.99. The van der Waals surface area contributed by atoms with E-state index in [0.29, 0.717) is 0 Å². The Morgan fingerprint density at radius 1 is 1.38 bits per heavy atom. The first-order valence-electron chi connectivity index (χ1n) is 4.27. The molecule has 4 N–H and O–H groups in total. The van der Waals surface area contributed by atoms with Crippen LogP contribution in [0.2, 0.25) is 0 Å². The molecule has 0 saturated heterocycles.